The molecule has 1 aliphatic rings. The van der Waals surface area contributed by atoms with Gasteiger partial charge in [0.25, 0.3) is 0 Å². The van der Waals surface area contributed by atoms with E-state index in [0.29, 0.717) is 12.0 Å². The van der Waals surface area contributed by atoms with E-state index >= 15 is 0 Å². The van der Waals surface area contributed by atoms with E-state index in [0.717, 1.165) is 6.07 Å². The van der Waals surface area contributed by atoms with Crippen LogP contribution in [0.15, 0.2) is 12.1 Å². The van der Waals surface area contributed by atoms with Gasteiger partial charge in [-0.3, -0.25) is 4.98 Å². The first kappa shape index (κ1) is 18.3. The zero-order chi connectivity index (χ0) is 17.6. The Bertz CT molecular complexity index is 569. The minimum absolute atomic E-state index is 0.175. The van der Waals surface area contributed by atoms with Crippen molar-refractivity contribution in [2.75, 3.05) is 0 Å². The van der Waals surface area contributed by atoms with Gasteiger partial charge in [0.2, 0.25) is 0 Å². The molecule has 1 aromatic rings. The predicted molar refractivity (Wildman–Crippen MR) is 83.5 cm³/mol. The summed E-state index contributed by atoms with van der Waals surface area (Å²) >= 11 is 0. The normalized spacial score (nSPS) is 20.3. The molecule has 2 rings (SSSR count). The highest BCUT2D eigenvalue weighted by atomic mass is 19.4. The van der Waals surface area contributed by atoms with E-state index in [-0.39, 0.29) is 11.5 Å². The largest absolute Gasteiger partial charge is 0.514 e. The van der Waals surface area contributed by atoms with Gasteiger partial charge in [0.1, 0.15) is 5.69 Å². The topological polar surface area (TPSA) is 31.4 Å². The van der Waals surface area contributed by atoms with Gasteiger partial charge in [0.15, 0.2) is 0 Å². The number of aromatic nitrogens is 1. The molecular formula is C16H23BF3NO2. The highest BCUT2D eigenvalue weighted by Crippen LogP contribution is 2.36. The molecule has 0 amide bonds. The second-order valence-corrected chi connectivity index (χ2v) is 7.47. The van der Waals surface area contributed by atoms with E-state index in [4.69, 9.17) is 9.31 Å². The summed E-state index contributed by atoms with van der Waals surface area (Å²) in [7, 11) is -0.895. The highest BCUT2D eigenvalue weighted by Gasteiger charge is 2.52. The zero-order valence-corrected chi connectivity index (χ0v) is 14.4. The van der Waals surface area contributed by atoms with Crippen LogP contribution in [-0.2, 0) is 21.9 Å². The van der Waals surface area contributed by atoms with E-state index in [2.05, 4.69) is 4.98 Å². The van der Waals surface area contributed by atoms with Crippen LogP contribution in [0.3, 0.4) is 0 Å². The zero-order valence-electron chi connectivity index (χ0n) is 14.4. The monoisotopic (exact) mass is 329 g/mol. The van der Waals surface area contributed by atoms with Gasteiger partial charge in [-0.25, -0.2) is 0 Å². The molecule has 0 spiro atoms. The number of alkyl halides is 3. The van der Waals surface area contributed by atoms with Crippen molar-refractivity contribution < 1.29 is 22.5 Å². The van der Waals surface area contributed by atoms with Crippen LogP contribution >= 0.6 is 0 Å². The number of halogens is 3. The van der Waals surface area contributed by atoms with Gasteiger partial charge in [0.05, 0.1) is 16.8 Å². The second-order valence-electron chi connectivity index (χ2n) is 7.47. The van der Waals surface area contributed by atoms with E-state index in [1.165, 1.54) is 0 Å². The molecule has 0 radical (unpaired) electrons. The fourth-order valence-corrected chi connectivity index (χ4v) is 2.43. The Morgan fingerprint density at radius 1 is 1.09 bits per heavy atom. The van der Waals surface area contributed by atoms with Gasteiger partial charge >= 0.3 is 13.3 Å². The van der Waals surface area contributed by atoms with Gasteiger partial charge in [-0.2, -0.15) is 13.2 Å². The molecule has 23 heavy (non-hydrogen) atoms. The summed E-state index contributed by atoms with van der Waals surface area (Å²) in [5, 5.41) is 0. The molecule has 0 aromatic carbocycles. The van der Waals surface area contributed by atoms with E-state index in [9.17, 15) is 13.2 Å². The summed E-state index contributed by atoms with van der Waals surface area (Å²) < 4.78 is 51.0. The summed E-state index contributed by atoms with van der Waals surface area (Å²) in [6.07, 6.45) is -3.95. The number of hydrogen-bond donors (Lipinski definition) is 0. The SMILES string of the molecule is CC(C)Cc1cc(B2OC(C)(C)C(C)(C)O2)nc(C(F)(F)F)c1. The molecule has 1 fully saturated rings. The summed E-state index contributed by atoms with van der Waals surface area (Å²) in [5.41, 5.74) is -1.38. The van der Waals surface area contributed by atoms with E-state index < -0.39 is 30.2 Å². The summed E-state index contributed by atoms with van der Waals surface area (Å²) in [5.74, 6) is 0.240. The number of nitrogens with zero attached hydrogens (tertiary/aromatic N) is 1. The summed E-state index contributed by atoms with van der Waals surface area (Å²) in [6, 6.07) is 2.76. The van der Waals surface area contributed by atoms with E-state index in [1.54, 1.807) is 6.07 Å². The van der Waals surface area contributed by atoms with Crippen LogP contribution in [0.5, 0.6) is 0 Å². The van der Waals surface area contributed by atoms with Crippen molar-refractivity contribution in [1.82, 2.24) is 4.98 Å². The Morgan fingerprint density at radius 3 is 2.04 bits per heavy atom. The maximum Gasteiger partial charge on any atom is 0.514 e. The van der Waals surface area contributed by atoms with E-state index in [1.807, 2.05) is 41.5 Å². The van der Waals surface area contributed by atoms with Crippen LogP contribution in [0.4, 0.5) is 13.2 Å². The molecule has 3 nitrogen and oxygen atoms in total. The van der Waals surface area contributed by atoms with Crippen LogP contribution in [0, 0.1) is 5.92 Å². The average molecular weight is 329 g/mol. The standard InChI is InChI=1S/C16H23BF3NO2/c1-10(2)7-11-8-12(16(18,19)20)21-13(9-11)17-22-14(3,4)15(5,6)23-17/h8-10H,7H2,1-6H3. The van der Waals surface area contributed by atoms with Crippen LogP contribution in [0.2, 0.25) is 0 Å². The first-order valence-electron chi connectivity index (χ1n) is 7.75. The number of hydrogen-bond acceptors (Lipinski definition) is 3. The quantitative estimate of drug-likeness (QED) is 0.794. The van der Waals surface area contributed by atoms with Crippen LogP contribution in [0.25, 0.3) is 0 Å². The smallest absolute Gasteiger partial charge is 0.398 e. The fraction of sp³-hybridized carbons (Fsp3) is 0.688. The minimum atomic E-state index is -4.49. The van der Waals surface area contributed by atoms with Crippen LogP contribution < -0.4 is 5.59 Å². The van der Waals surface area contributed by atoms with Crippen molar-refractivity contribution >= 4 is 12.7 Å². The predicted octanol–water partition coefficient (Wildman–Crippen LogP) is 3.60. The van der Waals surface area contributed by atoms with Crippen molar-refractivity contribution in [1.29, 1.82) is 0 Å². The lowest BCUT2D eigenvalue weighted by molar-refractivity contribution is -0.141. The van der Waals surface area contributed by atoms with Crippen molar-refractivity contribution in [2.45, 2.75) is 65.3 Å². The lowest BCUT2D eigenvalue weighted by Crippen LogP contribution is -2.41. The number of rotatable bonds is 3. The molecule has 0 bridgehead atoms. The van der Waals surface area contributed by atoms with Crippen molar-refractivity contribution in [2.24, 2.45) is 5.92 Å². The van der Waals surface area contributed by atoms with Gasteiger partial charge in [-0.1, -0.05) is 13.8 Å². The maximum absolute atomic E-state index is 13.1. The van der Waals surface area contributed by atoms with Crippen LogP contribution in [-0.4, -0.2) is 23.3 Å². The second kappa shape index (κ2) is 5.78. The molecule has 1 saturated heterocycles. The molecule has 0 atom stereocenters. The molecule has 2 heterocycles. The molecule has 0 N–H and O–H groups in total. The average Bonchev–Trinajstić information content (AvgIpc) is 2.56. The summed E-state index contributed by atoms with van der Waals surface area (Å²) in [6.45, 7) is 11.3. The Balaban J connectivity index is 2.42. The highest BCUT2D eigenvalue weighted by molar-refractivity contribution is 6.61. The Kier molecular flexibility index (Phi) is 4.59. The Labute approximate surface area is 135 Å². The Morgan fingerprint density at radius 2 is 1.61 bits per heavy atom. The summed E-state index contributed by atoms with van der Waals surface area (Å²) in [4.78, 5) is 3.75. The lowest BCUT2D eigenvalue weighted by Gasteiger charge is -2.32. The molecule has 0 aliphatic carbocycles. The first-order valence-corrected chi connectivity index (χ1v) is 7.75. The molecule has 0 unspecified atom stereocenters. The van der Waals surface area contributed by atoms with Crippen LogP contribution in [0.1, 0.15) is 52.8 Å². The van der Waals surface area contributed by atoms with Gasteiger partial charge in [0, 0.05) is 0 Å². The molecule has 1 aromatic heterocycles. The number of pyridine rings is 1. The van der Waals surface area contributed by atoms with Gasteiger partial charge in [-0.15, -0.1) is 0 Å². The third-order valence-corrected chi connectivity index (χ3v) is 4.33. The third kappa shape index (κ3) is 3.88. The van der Waals surface area contributed by atoms with Gasteiger partial charge < -0.3 is 9.31 Å². The minimum Gasteiger partial charge on any atom is -0.398 e. The van der Waals surface area contributed by atoms with Crippen molar-refractivity contribution in [3.8, 4) is 0 Å². The van der Waals surface area contributed by atoms with Crippen molar-refractivity contribution in [3.63, 3.8) is 0 Å². The van der Waals surface area contributed by atoms with Crippen molar-refractivity contribution in [3.05, 3.63) is 23.4 Å². The fourth-order valence-electron chi connectivity index (χ4n) is 2.43. The molecule has 1 aliphatic heterocycles. The Hall–Kier alpha value is -1.08. The molecular weight excluding hydrogens is 306 g/mol. The van der Waals surface area contributed by atoms with Gasteiger partial charge in [-0.05, 0) is 57.7 Å². The molecule has 128 valence electrons. The first-order chi connectivity index (χ1) is 10.3. The molecule has 0 saturated carbocycles. The maximum atomic E-state index is 13.1. The lowest BCUT2D eigenvalue weighted by atomic mass is 9.82. The molecule has 7 heteroatoms. The third-order valence-electron chi connectivity index (χ3n) is 4.33.